The molecule has 0 aromatic heterocycles. The third-order valence-corrected chi connectivity index (χ3v) is 6.06. The van der Waals surface area contributed by atoms with Gasteiger partial charge < -0.3 is 4.90 Å². The summed E-state index contributed by atoms with van der Waals surface area (Å²) < 4.78 is 26.9. The standard InChI is InChI=1S/C13H16ClN3O2S2/c14-12-9-11(10-15)1-2-13(12)21(18,19)16-3-4-17-5-7-20-8-6-17/h1-2,9,16H,3-8H2. The summed E-state index contributed by atoms with van der Waals surface area (Å²) >= 11 is 7.85. The van der Waals surface area contributed by atoms with E-state index < -0.39 is 10.0 Å². The van der Waals surface area contributed by atoms with Crippen LogP contribution in [0.5, 0.6) is 0 Å². The summed E-state index contributed by atoms with van der Waals surface area (Å²) in [5, 5.41) is 8.83. The first kappa shape index (κ1) is 16.6. The van der Waals surface area contributed by atoms with Gasteiger partial charge in [0.2, 0.25) is 10.0 Å². The molecule has 2 rings (SSSR count). The highest BCUT2D eigenvalue weighted by molar-refractivity contribution is 7.99. The van der Waals surface area contributed by atoms with Crippen LogP contribution in [0.15, 0.2) is 23.1 Å². The van der Waals surface area contributed by atoms with Crippen molar-refractivity contribution in [3.63, 3.8) is 0 Å². The second kappa shape index (κ2) is 7.47. The number of rotatable bonds is 5. The number of sulfonamides is 1. The number of thioether (sulfide) groups is 1. The Labute approximate surface area is 134 Å². The van der Waals surface area contributed by atoms with Crippen LogP contribution in [0.2, 0.25) is 5.02 Å². The van der Waals surface area contributed by atoms with Crippen LogP contribution in [0, 0.1) is 11.3 Å². The topological polar surface area (TPSA) is 73.2 Å². The Morgan fingerprint density at radius 1 is 1.38 bits per heavy atom. The minimum absolute atomic E-state index is 0.0115. The number of hydrogen-bond acceptors (Lipinski definition) is 5. The lowest BCUT2D eigenvalue weighted by atomic mass is 10.2. The van der Waals surface area contributed by atoms with E-state index in [2.05, 4.69) is 9.62 Å². The molecule has 0 spiro atoms. The number of nitriles is 1. The second-order valence-electron chi connectivity index (χ2n) is 4.61. The Bertz CT molecular complexity index is 637. The molecule has 0 amide bonds. The van der Waals surface area contributed by atoms with Gasteiger partial charge in [0.05, 0.1) is 16.7 Å². The van der Waals surface area contributed by atoms with Crippen molar-refractivity contribution in [2.45, 2.75) is 4.90 Å². The number of nitrogens with zero attached hydrogens (tertiary/aromatic N) is 2. The van der Waals surface area contributed by atoms with E-state index in [1.54, 1.807) is 0 Å². The maximum Gasteiger partial charge on any atom is 0.242 e. The van der Waals surface area contributed by atoms with Gasteiger partial charge in [-0.25, -0.2) is 13.1 Å². The Morgan fingerprint density at radius 2 is 2.10 bits per heavy atom. The maximum absolute atomic E-state index is 12.2. The van der Waals surface area contributed by atoms with E-state index in [0.717, 1.165) is 24.6 Å². The predicted molar refractivity (Wildman–Crippen MR) is 85.1 cm³/mol. The first-order chi connectivity index (χ1) is 10.0. The van der Waals surface area contributed by atoms with Gasteiger partial charge in [0.15, 0.2) is 0 Å². The zero-order valence-corrected chi connectivity index (χ0v) is 13.8. The van der Waals surface area contributed by atoms with Crippen LogP contribution in [0.3, 0.4) is 0 Å². The number of hydrogen-bond donors (Lipinski definition) is 1. The lowest BCUT2D eigenvalue weighted by molar-refractivity contribution is 0.307. The molecule has 0 bridgehead atoms. The molecule has 1 N–H and O–H groups in total. The molecular formula is C13H16ClN3O2S2. The van der Waals surface area contributed by atoms with Crippen LogP contribution in [0.4, 0.5) is 0 Å². The second-order valence-corrected chi connectivity index (χ2v) is 7.98. The quantitative estimate of drug-likeness (QED) is 0.876. The van der Waals surface area contributed by atoms with Crippen molar-refractivity contribution in [2.24, 2.45) is 0 Å². The number of halogens is 1. The van der Waals surface area contributed by atoms with Crippen LogP contribution in [0.1, 0.15) is 5.56 Å². The van der Waals surface area contributed by atoms with Crippen LogP contribution in [0.25, 0.3) is 0 Å². The summed E-state index contributed by atoms with van der Waals surface area (Å²) in [6.07, 6.45) is 0. The Hall–Kier alpha value is -0.780. The van der Waals surface area contributed by atoms with Gasteiger partial charge in [-0.05, 0) is 18.2 Å². The molecule has 21 heavy (non-hydrogen) atoms. The SMILES string of the molecule is N#Cc1ccc(S(=O)(=O)NCCN2CCSCC2)c(Cl)c1. The minimum atomic E-state index is -3.64. The van der Waals surface area contributed by atoms with Gasteiger partial charge >= 0.3 is 0 Å². The zero-order chi connectivity index (χ0) is 15.3. The van der Waals surface area contributed by atoms with E-state index in [4.69, 9.17) is 16.9 Å². The van der Waals surface area contributed by atoms with Crippen molar-refractivity contribution in [3.05, 3.63) is 28.8 Å². The van der Waals surface area contributed by atoms with E-state index in [1.807, 2.05) is 17.8 Å². The highest BCUT2D eigenvalue weighted by Gasteiger charge is 2.18. The summed E-state index contributed by atoms with van der Waals surface area (Å²) in [5.74, 6) is 2.18. The third kappa shape index (κ3) is 4.59. The van der Waals surface area contributed by atoms with E-state index in [0.29, 0.717) is 18.7 Å². The molecule has 1 aromatic rings. The van der Waals surface area contributed by atoms with E-state index >= 15 is 0 Å². The van der Waals surface area contributed by atoms with Gasteiger partial charge in [-0.3, -0.25) is 0 Å². The van der Waals surface area contributed by atoms with Crippen molar-refractivity contribution >= 4 is 33.4 Å². The lowest BCUT2D eigenvalue weighted by Crippen LogP contribution is -2.39. The zero-order valence-electron chi connectivity index (χ0n) is 11.4. The molecule has 1 aliphatic heterocycles. The minimum Gasteiger partial charge on any atom is -0.300 e. The summed E-state index contributed by atoms with van der Waals surface area (Å²) in [5.41, 5.74) is 0.338. The maximum atomic E-state index is 12.2. The highest BCUT2D eigenvalue weighted by atomic mass is 35.5. The molecule has 1 fully saturated rings. The average molecular weight is 346 g/mol. The first-order valence-corrected chi connectivity index (χ1v) is 9.54. The summed E-state index contributed by atoms with van der Waals surface area (Å²) in [4.78, 5) is 2.25. The van der Waals surface area contributed by atoms with Crippen LogP contribution in [-0.4, -0.2) is 51.0 Å². The van der Waals surface area contributed by atoms with Gasteiger partial charge in [-0.2, -0.15) is 17.0 Å². The molecule has 0 unspecified atom stereocenters. The first-order valence-electron chi connectivity index (χ1n) is 6.52. The van der Waals surface area contributed by atoms with Crippen LogP contribution >= 0.6 is 23.4 Å². The fourth-order valence-corrected chi connectivity index (χ4v) is 4.57. The number of nitrogens with one attached hydrogen (secondary N) is 1. The van der Waals surface area contributed by atoms with Crippen LogP contribution < -0.4 is 4.72 Å². The van der Waals surface area contributed by atoms with E-state index in [1.165, 1.54) is 18.2 Å². The molecule has 1 aliphatic rings. The predicted octanol–water partition coefficient (Wildman–Crippen LogP) is 1.54. The van der Waals surface area contributed by atoms with Gasteiger partial charge in [-0.15, -0.1) is 0 Å². The van der Waals surface area contributed by atoms with E-state index in [-0.39, 0.29) is 9.92 Å². The number of benzene rings is 1. The average Bonchev–Trinajstić information content (AvgIpc) is 2.47. The molecule has 114 valence electrons. The largest absolute Gasteiger partial charge is 0.300 e. The lowest BCUT2D eigenvalue weighted by Gasteiger charge is -2.26. The van der Waals surface area contributed by atoms with Gasteiger partial charge in [0.25, 0.3) is 0 Å². The van der Waals surface area contributed by atoms with Gasteiger partial charge in [-0.1, -0.05) is 11.6 Å². The van der Waals surface area contributed by atoms with Crippen molar-refractivity contribution in [1.29, 1.82) is 5.26 Å². The summed E-state index contributed by atoms with van der Waals surface area (Å²) in [7, 11) is -3.64. The third-order valence-electron chi connectivity index (χ3n) is 3.17. The van der Waals surface area contributed by atoms with Crippen molar-refractivity contribution in [3.8, 4) is 6.07 Å². The monoisotopic (exact) mass is 345 g/mol. The fraction of sp³-hybridized carbons (Fsp3) is 0.462. The molecule has 0 aliphatic carbocycles. The molecule has 1 aromatic carbocycles. The van der Waals surface area contributed by atoms with Crippen LogP contribution in [-0.2, 0) is 10.0 Å². The van der Waals surface area contributed by atoms with Crippen molar-refractivity contribution in [2.75, 3.05) is 37.7 Å². The fourth-order valence-electron chi connectivity index (χ4n) is 2.03. The van der Waals surface area contributed by atoms with Gasteiger partial charge in [0, 0.05) is 37.7 Å². The van der Waals surface area contributed by atoms with Crippen molar-refractivity contribution < 1.29 is 8.42 Å². The van der Waals surface area contributed by atoms with Crippen molar-refractivity contribution in [1.82, 2.24) is 9.62 Å². The smallest absolute Gasteiger partial charge is 0.242 e. The molecule has 1 heterocycles. The molecule has 5 nitrogen and oxygen atoms in total. The Morgan fingerprint density at radius 3 is 2.71 bits per heavy atom. The summed E-state index contributed by atoms with van der Waals surface area (Å²) in [6, 6.07) is 6.09. The Kier molecular flexibility index (Phi) is 5.90. The highest BCUT2D eigenvalue weighted by Crippen LogP contribution is 2.22. The molecule has 0 atom stereocenters. The molecular weight excluding hydrogens is 330 g/mol. The molecule has 0 radical (unpaired) electrons. The van der Waals surface area contributed by atoms with Gasteiger partial charge in [0.1, 0.15) is 4.90 Å². The normalized spacial score (nSPS) is 16.6. The Balaban J connectivity index is 1.96. The molecule has 1 saturated heterocycles. The summed E-state index contributed by atoms with van der Waals surface area (Å²) in [6.45, 7) is 3.02. The molecule has 0 saturated carbocycles. The van der Waals surface area contributed by atoms with E-state index in [9.17, 15) is 8.42 Å². The molecule has 8 heteroatoms.